The van der Waals surface area contributed by atoms with E-state index < -0.39 is 0 Å². The maximum atomic E-state index is 6.35. The van der Waals surface area contributed by atoms with Gasteiger partial charge in [-0.05, 0) is 31.6 Å². The van der Waals surface area contributed by atoms with Crippen molar-refractivity contribution in [2.75, 3.05) is 0 Å². The van der Waals surface area contributed by atoms with Gasteiger partial charge in [0.25, 0.3) is 0 Å². The van der Waals surface area contributed by atoms with Gasteiger partial charge in [-0.3, -0.25) is 0 Å². The second kappa shape index (κ2) is 5.85. The Morgan fingerprint density at radius 1 is 0.867 bits per heavy atom. The first kappa shape index (κ1) is 12.2. The number of ether oxygens (including phenoxy) is 1. The van der Waals surface area contributed by atoms with Crippen LogP contribution in [0, 0.1) is 5.92 Å². The molecule has 0 heterocycles. The molecule has 0 N–H and O–H groups in total. The minimum absolute atomic E-state index is 0.560. The lowest BCUT2D eigenvalue weighted by molar-refractivity contribution is -0.0634. The fourth-order valence-corrected chi connectivity index (χ4v) is 3.88. The summed E-state index contributed by atoms with van der Waals surface area (Å²) in [6.45, 7) is 2.37. The SMILES string of the molecule is CC1CCCCC1OC1CCCCC1I. The Bertz CT molecular complexity index is 175. The third-order valence-corrected chi connectivity index (χ3v) is 5.43. The Balaban J connectivity index is 1.83. The zero-order valence-corrected chi connectivity index (χ0v) is 11.9. The molecule has 0 amide bonds. The van der Waals surface area contributed by atoms with Crippen LogP contribution in [0.4, 0.5) is 0 Å². The largest absolute Gasteiger partial charge is 0.374 e. The molecule has 15 heavy (non-hydrogen) atoms. The van der Waals surface area contributed by atoms with E-state index in [1.54, 1.807) is 0 Å². The highest BCUT2D eigenvalue weighted by Gasteiger charge is 2.29. The van der Waals surface area contributed by atoms with E-state index in [2.05, 4.69) is 29.5 Å². The predicted octanol–water partition coefficient (Wildman–Crippen LogP) is 4.33. The summed E-state index contributed by atoms with van der Waals surface area (Å²) in [5.74, 6) is 0.796. The van der Waals surface area contributed by atoms with Crippen LogP contribution in [0.25, 0.3) is 0 Å². The van der Waals surface area contributed by atoms with Crippen molar-refractivity contribution >= 4 is 22.6 Å². The summed E-state index contributed by atoms with van der Waals surface area (Å²) in [6, 6.07) is 0. The molecule has 88 valence electrons. The molecule has 2 aliphatic rings. The summed E-state index contributed by atoms with van der Waals surface area (Å²) in [5, 5.41) is 0. The van der Waals surface area contributed by atoms with Gasteiger partial charge in [0.05, 0.1) is 12.2 Å². The zero-order chi connectivity index (χ0) is 10.7. The van der Waals surface area contributed by atoms with E-state index in [0.717, 1.165) is 9.84 Å². The second-order valence-corrected chi connectivity index (χ2v) is 6.88. The molecule has 2 aliphatic carbocycles. The normalized spacial score (nSPS) is 42.8. The molecule has 0 aromatic rings. The molecular weight excluding hydrogens is 299 g/mol. The molecule has 0 radical (unpaired) electrons. The van der Waals surface area contributed by atoms with Crippen molar-refractivity contribution in [3.05, 3.63) is 0 Å². The van der Waals surface area contributed by atoms with Crippen molar-refractivity contribution in [1.82, 2.24) is 0 Å². The van der Waals surface area contributed by atoms with Gasteiger partial charge in [-0.25, -0.2) is 0 Å². The van der Waals surface area contributed by atoms with Crippen molar-refractivity contribution in [3.63, 3.8) is 0 Å². The van der Waals surface area contributed by atoms with Crippen LogP contribution in [0.15, 0.2) is 0 Å². The van der Waals surface area contributed by atoms with Gasteiger partial charge in [-0.1, -0.05) is 55.2 Å². The number of hydrogen-bond acceptors (Lipinski definition) is 1. The summed E-state index contributed by atoms with van der Waals surface area (Å²) in [5.41, 5.74) is 0. The molecule has 1 nitrogen and oxygen atoms in total. The summed E-state index contributed by atoms with van der Waals surface area (Å²) in [6.07, 6.45) is 12.1. The van der Waals surface area contributed by atoms with Crippen LogP contribution < -0.4 is 0 Å². The monoisotopic (exact) mass is 322 g/mol. The molecule has 0 spiro atoms. The van der Waals surface area contributed by atoms with Gasteiger partial charge in [0, 0.05) is 3.92 Å². The van der Waals surface area contributed by atoms with Crippen LogP contribution >= 0.6 is 22.6 Å². The van der Waals surface area contributed by atoms with Crippen LogP contribution in [0.3, 0.4) is 0 Å². The van der Waals surface area contributed by atoms with E-state index in [-0.39, 0.29) is 0 Å². The number of halogens is 1. The second-order valence-electron chi connectivity index (χ2n) is 5.28. The van der Waals surface area contributed by atoms with Crippen molar-refractivity contribution in [2.24, 2.45) is 5.92 Å². The maximum Gasteiger partial charge on any atom is 0.0696 e. The predicted molar refractivity (Wildman–Crippen MR) is 72.6 cm³/mol. The minimum atomic E-state index is 0.560. The average molecular weight is 322 g/mol. The molecule has 2 fully saturated rings. The van der Waals surface area contributed by atoms with Gasteiger partial charge < -0.3 is 4.74 Å². The topological polar surface area (TPSA) is 9.23 Å². The molecule has 0 aliphatic heterocycles. The van der Waals surface area contributed by atoms with Gasteiger partial charge in [-0.15, -0.1) is 0 Å². The smallest absolute Gasteiger partial charge is 0.0696 e. The zero-order valence-electron chi connectivity index (χ0n) is 9.75. The molecule has 0 aromatic carbocycles. The molecule has 4 unspecified atom stereocenters. The van der Waals surface area contributed by atoms with Gasteiger partial charge in [0.15, 0.2) is 0 Å². The highest BCUT2D eigenvalue weighted by atomic mass is 127. The highest BCUT2D eigenvalue weighted by Crippen LogP contribution is 2.33. The van der Waals surface area contributed by atoms with E-state index in [0.29, 0.717) is 12.2 Å². The fourth-order valence-electron chi connectivity index (χ4n) is 2.91. The molecule has 0 saturated heterocycles. The minimum Gasteiger partial charge on any atom is -0.374 e. The first-order valence-corrected chi connectivity index (χ1v) is 7.81. The maximum absolute atomic E-state index is 6.35. The molecule has 2 rings (SSSR count). The van der Waals surface area contributed by atoms with Gasteiger partial charge in [0.1, 0.15) is 0 Å². The number of alkyl halides is 1. The summed E-state index contributed by atoms with van der Waals surface area (Å²) in [4.78, 5) is 0. The van der Waals surface area contributed by atoms with Crippen LogP contribution in [0.2, 0.25) is 0 Å². The summed E-state index contributed by atoms with van der Waals surface area (Å²) in [7, 11) is 0. The number of rotatable bonds is 2. The van der Waals surface area contributed by atoms with E-state index in [1.807, 2.05) is 0 Å². The molecule has 4 atom stereocenters. The third-order valence-electron chi connectivity index (χ3n) is 4.00. The van der Waals surface area contributed by atoms with E-state index >= 15 is 0 Å². The Kier molecular flexibility index (Phi) is 4.74. The Morgan fingerprint density at radius 2 is 1.47 bits per heavy atom. The molecule has 2 heteroatoms. The molecular formula is C13H23IO. The van der Waals surface area contributed by atoms with E-state index in [9.17, 15) is 0 Å². The van der Waals surface area contributed by atoms with Gasteiger partial charge in [0.2, 0.25) is 0 Å². The lowest BCUT2D eigenvalue weighted by Gasteiger charge is -2.36. The Labute approximate surface area is 107 Å². The van der Waals surface area contributed by atoms with E-state index in [4.69, 9.17) is 4.74 Å². The number of hydrogen-bond donors (Lipinski definition) is 0. The molecule has 2 saturated carbocycles. The van der Waals surface area contributed by atoms with Gasteiger partial charge >= 0.3 is 0 Å². The first-order chi connectivity index (χ1) is 7.27. The van der Waals surface area contributed by atoms with Crippen molar-refractivity contribution < 1.29 is 4.74 Å². The summed E-state index contributed by atoms with van der Waals surface area (Å²) < 4.78 is 7.12. The average Bonchev–Trinajstić information content (AvgIpc) is 2.24. The molecule has 0 aromatic heterocycles. The van der Waals surface area contributed by atoms with Crippen molar-refractivity contribution in [2.45, 2.75) is 74.4 Å². The Morgan fingerprint density at radius 3 is 2.13 bits per heavy atom. The van der Waals surface area contributed by atoms with Crippen LogP contribution in [-0.4, -0.2) is 16.1 Å². The van der Waals surface area contributed by atoms with Gasteiger partial charge in [-0.2, -0.15) is 0 Å². The van der Waals surface area contributed by atoms with Crippen LogP contribution in [-0.2, 0) is 4.74 Å². The lowest BCUT2D eigenvalue weighted by atomic mass is 9.87. The van der Waals surface area contributed by atoms with Crippen LogP contribution in [0.1, 0.15) is 58.3 Å². The fraction of sp³-hybridized carbons (Fsp3) is 1.00. The van der Waals surface area contributed by atoms with E-state index in [1.165, 1.54) is 51.4 Å². The molecule has 0 bridgehead atoms. The van der Waals surface area contributed by atoms with Crippen LogP contribution in [0.5, 0.6) is 0 Å². The lowest BCUT2D eigenvalue weighted by Crippen LogP contribution is -2.36. The Hall–Kier alpha value is 0.690. The van der Waals surface area contributed by atoms with Crippen molar-refractivity contribution in [3.8, 4) is 0 Å². The standard InChI is InChI=1S/C13H23IO/c1-10-6-2-4-8-12(10)15-13-9-5-3-7-11(13)14/h10-13H,2-9H2,1H3. The first-order valence-electron chi connectivity index (χ1n) is 6.57. The van der Waals surface area contributed by atoms with Crippen molar-refractivity contribution in [1.29, 1.82) is 0 Å². The summed E-state index contributed by atoms with van der Waals surface area (Å²) >= 11 is 2.60. The quantitative estimate of drug-likeness (QED) is 0.543. The highest BCUT2D eigenvalue weighted by molar-refractivity contribution is 14.1. The third kappa shape index (κ3) is 3.32.